The van der Waals surface area contributed by atoms with Gasteiger partial charge in [0.05, 0.1) is 5.75 Å². The maximum atomic E-state index is 11.1. The van der Waals surface area contributed by atoms with Gasteiger partial charge in [-0.3, -0.25) is 4.79 Å². The molecule has 0 fully saturated rings. The highest BCUT2D eigenvalue weighted by atomic mass is 32.2. The first-order valence-corrected chi connectivity index (χ1v) is 5.09. The lowest BCUT2D eigenvalue weighted by molar-refractivity contribution is -0.151. The third-order valence-corrected chi connectivity index (χ3v) is 1.66. The maximum Gasteiger partial charge on any atom is 0.328 e. The van der Waals surface area contributed by atoms with Gasteiger partial charge >= 0.3 is 11.9 Å². The predicted molar refractivity (Wildman–Crippen MR) is 55.1 cm³/mol. The Hall–Kier alpha value is -0.970. The minimum atomic E-state index is -1.03. The van der Waals surface area contributed by atoms with E-state index >= 15 is 0 Å². The van der Waals surface area contributed by atoms with Gasteiger partial charge in [-0.1, -0.05) is 0 Å². The van der Waals surface area contributed by atoms with Gasteiger partial charge in [0.25, 0.3) is 0 Å². The fraction of sp³-hybridized carbons (Fsp3) is 0.556. The standard InChI is InChI=1S/C9H14O4S/c1-9(2,3)13-8(12)6-14-5-4-7(10)11/h4-5H,6H2,1-3H3,(H,10,11)/b5-4+. The van der Waals surface area contributed by atoms with Crippen LogP contribution >= 0.6 is 11.8 Å². The summed E-state index contributed by atoms with van der Waals surface area (Å²) in [4.78, 5) is 21.1. The van der Waals surface area contributed by atoms with Crippen molar-refractivity contribution in [1.29, 1.82) is 0 Å². The lowest BCUT2D eigenvalue weighted by Gasteiger charge is -2.18. The fourth-order valence-electron chi connectivity index (χ4n) is 0.593. The van der Waals surface area contributed by atoms with Crippen LogP contribution in [0.1, 0.15) is 20.8 Å². The van der Waals surface area contributed by atoms with Crippen molar-refractivity contribution < 1.29 is 19.4 Å². The molecule has 0 rings (SSSR count). The summed E-state index contributed by atoms with van der Waals surface area (Å²) in [7, 11) is 0. The summed E-state index contributed by atoms with van der Waals surface area (Å²) in [5.74, 6) is -1.25. The summed E-state index contributed by atoms with van der Waals surface area (Å²) < 4.78 is 5.00. The third-order valence-electron chi connectivity index (χ3n) is 0.928. The molecular weight excluding hydrogens is 204 g/mol. The van der Waals surface area contributed by atoms with E-state index in [1.807, 2.05) is 0 Å². The van der Waals surface area contributed by atoms with Crippen molar-refractivity contribution in [2.75, 3.05) is 5.75 Å². The number of carboxylic acids is 1. The Bertz CT molecular complexity index is 240. The lowest BCUT2D eigenvalue weighted by Crippen LogP contribution is -2.24. The largest absolute Gasteiger partial charge is 0.478 e. The van der Waals surface area contributed by atoms with Crippen LogP contribution in [0.3, 0.4) is 0 Å². The summed E-state index contributed by atoms with van der Waals surface area (Å²) in [5.41, 5.74) is -0.492. The third kappa shape index (κ3) is 9.12. The number of esters is 1. The Morgan fingerprint density at radius 3 is 2.43 bits per heavy atom. The summed E-state index contributed by atoms with van der Waals surface area (Å²) in [6, 6.07) is 0. The van der Waals surface area contributed by atoms with E-state index in [0.717, 1.165) is 17.8 Å². The normalized spacial score (nSPS) is 11.6. The fourth-order valence-corrected chi connectivity index (χ4v) is 1.10. The molecule has 0 aromatic rings. The minimum Gasteiger partial charge on any atom is -0.478 e. The van der Waals surface area contributed by atoms with Crippen molar-refractivity contribution >= 4 is 23.7 Å². The Labute approximate surface area is 87.3 Å². The Morgan fingerprint density at radius 1 is 1.43 bits per heavy atom. The molecule has 0 saturated carbocycles. The van der Waals surface area contributed by atoms with Gasteiger partial charge in [-0.05, 0) is 26.2 Å². The number of carboxylic acid groups (broad SMARTS) is 1. The highest BCUT2D eigenvalue weighted by Crippen LogP contribution is 2.10. The average molecular weight is 218 g/mol. The van der Waals surface area contributed by atoms with Crippen molar-refractivity contribution in [3.63, 3.8) is 0 Å². The smallest absolute Gasteiger partial charge is 0.328 e. The minimum absolute atomic E-state index is 0.126. The molecule has 0 aliphatic carbocycles. The van der Waals surface area contributed by atoms with Crippen LogP contribution in [0.2, 0.25) is 0 Å². The van der Waals surface area contributed by atoms with Gasteiger partial charge in [-0.25, -0.2) is 4.79 Å². The molecule has 0 unspecified atom stereocenters. The molecule has 1 N–H and O–H groups in total. The molecule has 5 heteroatoms. The molecule has 0 atom stereocenters. The molecule has 0 heterocycles. The average Bonchev–Trinajstić information content (AvgIpc) is 1.94. The van der Waals surface area contributed by atoms with Crippen LogP contribution in [-0.4, -0.2) is 28.4 Å². The van der Waals surface area contributed by atoms with Crippen LogP contribution < -0.4 is 0 Å². The number of carbonyl (C=O) groups is 2. The number of aliphatic carboxylic acids is 1. The highest BCUT2D eigenvalue weighted by Gasteiger charge is 2.15. The van der Waals surface area contributed by atoms with Crippen molar-refractivity contribution in [2.24, 2.45) is 0 Å². The second-order valence-corrected chi connectivity index (χ2v) is 4.43. The topological polar surface area (TPSA) is 63.6 Å². The maximum absolute atomic E-state index is 11.1. The number of hydrogen-bond donors (Lipinski definition) is 1. The van der Waals surface area contributed by atoms with E-state index in [1.54, 1.807) is 20.8 Å². The first-order valence-electron chi connectivity index (χ1n) is 4.04. The van der Waals surface area contributed by atoms with E-state index in [9.17, 15) is 9.59 Å². The molecule has 0 spiro atoms. The van der Waals surface area contributed by atoms with E-state index < -0.39 is 11.6 Å². The molecule has 0 aromatic carbocycles. The van der Waals surface area contributed by atoms with Gasteiger partial charge in [-0.2, -0.15) is 0 Å². The van der Waals surface area contributed by atoms with E-state index in [-0.39, 0.29) is 11.7 Å². The van der Waals surface area contributed by atoms with Crippen LogP contribution in [0.15, 0.2) is 11.5 Å². The van der Waals surface area contributed by atoms with Crippen LogP contribution in [-0.2, 0) is 14.3 Å². The first kappa shape index (κ1) is 13.0. The highest BCUT2D eigenvalue weighted by molar-refractivity contribution is 8.02. The Balaban J connectivity index is 3.71. The van der Waals surface area contributed by atoms with Crippen molar-refractivity contribution in [3.05, 3.63) is 11.5 Å². The zero-order valence-electron chi connectivity index (χ0n) is 8.44. The number of thioether (sulfide) groups is 1. The Kier molecular flexibility index (Phi) is 5.30. The summed E-state index contributed by atoms with van der Waals surface area (Å²) in [5, 5.41) is 9.60. The van der Waals surface area contributed by atoms with Crippen LogP contribution in [0.4, 0.5) is 0 Å². The zero-order valence-corrected chi connectivity index (χ0v) is 9.26. The summed E-state index contributed by atoms with van der Waals surface area (Å²) in [6.45, 7) is 5.34. The van der Waals surface area contributed by atoms with Gasteiger partial charge in [0.1, 0.15) is 5.60 Å². The molecular formula is C9H14O4S. The van der Waals surface area contributed by atoms with Crippen LogP contribution in [0.5, 0.6) is 0 Å². The first-order chi connectivity index (χ1) is 6.31. The van der Waals surface area contributed by atoms with Gasteiger partial charge in [-0.15, -0.1) is 11.8 Å². The molecule has 0 aliphatic heterocycles. The molecule has 0 saturated heterocycles. The second kappa shape index (κ2) is 5.70. The lowest BCUT2D eigenvalue weighted by atomic mass is 10.2. The molecule has 14 heavy (non-hydrogen) atoms. The molecule has 0 bridgehead atoms. The quantitative estimate of drug-likeness (QED) is 0.574. The van der Waals surface area contributed by atoms with Crippen molar-refractivity contribution in [2.45, 2.75) is 26.4 Å². The monoisotopic (exact) mass is 218 g/mol. The van der Waals surface area contributed by atoms with E-state index in [2.05, 4.69) is 0 Å². The molecule has 80 valence electrons. The van der Waals surface area contributed by atoms with Gasteiger partial charge in [0, 0.05) is 6.08 Å². The molecule has 0 radical (unpaired) electrons. The molecule has 0 aliphatic rings. The van der Waals surface area contributed by atoms with E-state index in [0.29, 0.717) is 0 Å². The Morgan fingerprint density at radius 2 is 2.00 bits per heavy atom. The van der Waals surface area contributed by atoms with Gasteiger partial charge in [0.15, 0.2) is 0 Å². The summed E-state index contributed by atoms with van der Waals surface area (Å²) in [6.07, 6.45) is 0.981. The second-order valence-electron chi connectivity index (χ2n) is 3.54. The predicted octanol–water partition coefficient (Wildman–Crippen LogP) is 1.66. The van der Waals surface area contributed by atoms with E-state index in [4.69, 9.17) is 9.84 Å². The number of rotatable bonds is 4. The number of hydrogen-bond acceptors (Lipinski definition) is 4. The van der Waals surface area contributed by atoms with Crippen molar-refractivity contribution in [3.8, 4) is 0 Å². The van der Waals surface area contributed by atoms with Crippen molar-refractivity contribution in [1.82, 2.24) is 0 Å². The SMILES string of the molecule is CC(C)(C)OC(=O)CS/C=C/C(=O)O. The van der Waals surface area contributed by atoms with E-state index in [1.165, 1.54) is 5.41 Å². The van der Waals surface area contributed by atoms with Gasteiger partial charge in [0.2, 0.25) is 0 Å². The molecule has 0 amide bonds. The van der Waals surface area contributed by atoms with Crippen LogP contribution in [0, 0.1) is 0 Å². The zero-order chi connectivity index (χ0) is 11.2. The molecule has 4 nitrogen and oxygen atoms in total. The summed E-state index contributed by atoms with van der Waals surface area (Å²) >= 11 is 1.09. The number of ether oxygens (including phenoxy) is 1. The molecule has 0 aromatic heterocycles. The van der Waals surface area contributed by atoms with Crippen LogP contribution in [0.25, 0.3) is 0 Å². The number of carbonyl (C=O) groups excluding carboxylic acids is 1. The van der Waals surface area contributed by atoms with Gasteiger partial charge < -0.3 is 9.84 Å².